The Morgan fingerprint density at radius 2 is 1.88 bits per heavy atom. The summed E-state index contributed by atoms with van der Waals surface area (Å²) in [6.07, 6.45) is 1.52. The van der Waals surface area contributed by atoms with Gasteiger partial charge >= 0.3 is 12.1 Å². The molecule has 1 aromatic carbocycles. The van der Waals surface area contributed by atoms with Gasteiger partial charge in [0.15, 0.2) is 0 Å². The first-order valence-corrected chi connectivity index (χ1v) is 8.09. The molecule has 0 saturated carbocycles. The van der Waals surface area contributed by atoms with Crippen LogP contribution in [0.2, 0.25) is 0 Å². The quantitative estimate of drug-likeness (QED) is 0.420. The predicted molar refractivity (Wildman–Crippen MR) is 94.0 cm³/mol. The number of rotatable bonds is 10. The first-order chi connectivity index (χ1) is 12.5. The van der Waals surface area contributed by atoms with Gasteiger partial charge in [0.2, 0.25) is 5.91 Å². The van der Waals surface area contributed by atoms with Crippen molar-refractivity contribution < 1.29 is 29.0 Å². The molecule has 8 heteroatoms. The molecule has 0 aliphatic carbocycles. The van der Waals surface area contributed by atoms with Gasteiger partial charge in [-0.05, 0) is 18.4 Å². The van der Waals surface area contributed by atoms with E-state index in [0.29, 0.717) is 12.8 Å². The van der Waals surface area contributed by atoms with Gasteiger partial charge in [0.1, 0.15) is 18.7 Å². The molecule has 0 spiro atoms. The van der Waals surface area contributed by atoms with E-state index in [1.54, 1.807) is 30.3 Å². The Bertz CT molecular complexity index is 605. The highest BCUT2D eigenvalue weighted by Gasteiger charge is 2.26. The molecule has 0 unspecified atom stereocenters. The number of esters is 1. The highest BCUT2D eigenvalue weighted by molar-refractivity contribution is 5.89. The van der Waals surface area contributed by atoms with E-state index >= 15 is 0 Å². The SMILES string of the molecule is C=CCC[C@H](NC(=O)[C@H](CO)NC(=O)OCc1ccccc1)C(=O)OC. The lowest BCUT2D eigenvalue weighted by Gasteiger charge is -2.20. The average Bonchev–Trinajstić information content (AvgIpc) is 2.67. The third-order valence-corrected chi connectivity index (χ3v) is 3.47. The van der Waals surface area contributed by atoms with Crippen molar-refractivity contribution in [1.82, 2.24) is 10.6 Å². The van der Waals surface area contributed by atoms with E-state index in [4.69, 9.17) is 4.74 Å². The Morgan fingerprint density at radius 3 is 2.46 bits per heavy atom. The van der Waals surface area contributed by atoms with E-state index in [1.165, 1.54) is 7.11 Å². The second kappa shape index (κ2) is 11.6. The lowest BCUT2D eigenvalue weighted by molar-refractivity contribution is -0.145. The van der Waals surface area contributed by atoms with E-state index in [2.05, 4.69) is 21.9 Å². The summed E-state index contributed by atoms with van der Waals surface area (Å²) in [5.41, 5.74) is 0.780. The number of ether oxygens (including phenoxy) is 2. The molecule has 2 atom stereocenters. The molecule has 0 bridgehead atoms. The molecule has 8 nitrogen and oxygen atoms in total. The molecule has 0 aliphatic heterocycles. The number of alkyl carbamates (subject to hydrolysis) is 1. The van der Waals surface area contributed by atoms with Crippen LogP contribution in [0.25, 0.3) is 0 Å². The Balaban J connectivity index is 2.56. The second-order valence-electron chi connectivity index (χ2n) is 5.39. The molecule has 0 saturated heterocycles. The van der Waals surface area contributed by atoms with Crippen molar-refractivity contribution >= 4 is 18.0 Å². The van der Waals surface area contributed by atoms with Gasteiger partial charge in [-0.2, -0.15) is 0 Å². The molecule has 142 valence electrons. The van der Waals surface area contributed by atoms with Crippen LogP contribution in [0.5, 0.6) is 0 Å². The smallest absolute Gasteiger partial charge is 0.408 e. The standard InChI is InChI=1S/C18H24N2O6/c1-3-4-10-14(17(23)25-2)19-16(22)15(11-21)20-18(24)26-12-13-8-6-5-7-9-13/h3,5-9,14-15,21H,1,4,10-12H2,2H3,(H,19,22)(H,20,24)/t14-,15-/m0/s1. The zero-order chi connectivity index (χ0) is 19.4. The minimum Gasteiger partial charge on any atom is -0.467 e. The average molecular weight is 364 g/mol. The molecule has 0 aromatic heterocycles. The van der Waals surface area contributed by atoms with Crippen LogP contribution in [0.3, 0.4) is 0 Å². The fraction of sp³-hybridized carbons (Fsp3) is 0.389. The molecule has 26 heavy (non-hydrogen) atoms. The lowest BCUT2D eigenvalue weighted by Crippen LogP contribution is -2.53. The number of methoxy groups -OCH3 is 1. The molecule has 0 heterocycles. The van der Waals surface area contributed by atoms with Crippen LogP contribution in [0.1, 0.15) is 18.4 Å². The maximum absolute atomic E-state index is 12.2. The summed E-state index contributed by atoms with van der Waals surface area (Å²) in [5.74, 6) is -1.34. The maximum atomic E-state index is 12.2. The number of nitrogens with one attached hydrogen (secondary N) is 2. The van der Waals surface area contributed by atoms with Gasteiger partial charge in [-0.3, -0.25) is 4.79 Å². The van der Waals surface area contributed by atoms with Crippen molar-refractivity contribution in [3.05, 3.63) is 48.6 Å². The molecule has 2 amide bonds. The van der Waals surface area contributed by atoms with Crippen molar-refractivity contribution in [2.24, 2.45) is 0 Å². The summed E-state index contributed by atoms with van der Waals surface area (Å²) in [6.45, 7) is 2.93. The van der Waals surface area contributed by atoms with Crippen LogP contribution in [-0.2, 0) is 25.7 Å². The van der Waals surface area contributed by atoms with Crippen molar-refractivity contribution in [3.63, 3.8) is 0 Å². The highest BCUT2D eigenvalue weighted by atomic mass is 16.5. The Hall–Kier alpha value is -2.87. The third kappa shape index (κ3) is 7.35. The number of amides is 2. The summed E-state index contributed by atoms with van der Waals surface area (Å²) >= 11 is 0. The van der Waals surface area contributed by atoms with Crippen molar-refractivity contribution in [1.29, 1.82) is 0 Å². The molecule has 0 fully saturated rings. The summed E-state index contributed by atoms with van der Waals surface area (Å²) in [7, 11) is 1.21. The van der Waals surface area contributed by atoms with Crippen molar-refractivity contribution in [2.45, 2.75) is 31.5 Å². The summed E-state index contributed by atoms with van der Waals surface area (Å²) in [4.78, 5) is 35.7. The first kappa shape index (κ1) is 21.2. The fourth-order valence-corrected chi connectivity index (χ4v) is 2.05. The number of aliphatic hydroxyl groups excluding tert-OH is 1. The number of allylic oxidation sites excluding steroid dienone is 1. The normalized spacial score (nSPS) is 12.4. The lowest BCUT2D eigenvalue weighted by atomic mass is 10.1. The molecule has 3 N–H and O–H groups in total. The molecule has 0 aliphatic rings. The first-order valence-electron chi connectivity index (χ1n) is 8.09. The number of hydrogen-bond donors (Lipinski definition) is 3. The number of hydrogen-bond acceptors (Lipinski definition) is 6. The van der Waals surface area contributed by atoms with Gasteiger partial charge < -0.3 is 25.2 Å². The zero-order valence-corrected chi connectivity index (χ0v) is 14.6. The van der Waals surface area contributed by atoms with E-state index < -0.39 is 36.7 Å². The number of carbonyl (C=O) groups is 3. The van der Waals surface area contributed by atoms with Crippen LogP contribution in [-0.4, -0.2) is 48.9 Å². The van der Waals surface area contributed by atoms with Crippen LogP contribution < -0.4 is 10.6 Å². The Kier molecular flexibility index (Phi) is 9.48. The van der Waals surface area contributed by atoms with E-state index in [0.717, 1.165) is 5.56 Å². The van der Waals surface area contributed by atoms with Gasteiger partial charge in [-0.25, -0.2) is 9.59 Å². The van der Waals surface area contributed by atoms with Crippen LogP contribution in [0, 0.1) is 0 Å². The summed E-state index contributed by atoms with van der Waals surface area (Å²) in [5, 5.41) is 14.1. The van der Waals surface area contributed by atoms with E-state index in [9.17, 15) is 19.5 Å². The third-order valence-electron chi connectivity index (χ3n) is 3.47. The minimum absolute atomic E-state index is 0.0244. The molecule has 0 radical (unpaired) electrons. The number of carbonyl (C=O) groups excluding carboxylic acids is 3. The number of benzene rings is 1. The minimum atomic E-state index is -1.26. The fourth-order valence-electron chi connectivity index (χ4n) is 2.05. The largest absolute Gasteiger partial charge is 0.467 e. The van der Waals surface area contributed by atoms with Gasteiger partial charge in [0.05, 0.1) is 13.7 Å². The summed E-state index contributed by atoms with van der Waals surface area (Å²) < 4.78 is 9.63. The molecular formula is C18H24N2O6. The monoisotopic (exact) mass is 364 g/mol. The van der Waals surface area contributed by atoms with Crippen LogP contribution >= 0.6 is 0 Å². The van der Waals surface area contributed by atoms with Gasteiger partial charge in [-0.15, -0.1) is 6.58 Å². The van der Waals surface area contributed by atoms with E-state index in [1.807, 2.05) is 6.07 Å². The molecule has 1 rings (SSSR count). The zero-order valence-electron chi connectivity index (χ0n) is 14.6. The number of aliphatic hydroxyl groups is 1. The Morgan fingerprint density at radius 1 is 1.19 bits per heavy atom. The van der Waals surface area contributed by atoms with Gasteiger partial charge in [0.25, 0.3) is 0 Å². The van der Waals surface area contributed by atoms with Gasteiger partial charge in [-0.1, -0.05) is 36.4 Å². The van der Waals surface area contributed by atoms with Gasteiger partial charge in [0, 0.05) is 0 Å². The van der Waals surface area contributed by atoms with Crippen molar-refractivity contribution in [3.8, 4) is 0 Å². The highest BCUT2D eigenvalue weighted by Crippen LogP contribution is 2.03. The molecular weight excluding hydrogens is 340 g/mol. The predicted octanol–water partition coefficient (Wildman–Crippen LogP) is 0.898. The van der Waals surface area contributed by atoms with Crippen LogP contribution in [0.15, 0.2) is 43.0 Å². The summed E-state index contributed by atoms with van der Waals surface area (Å²) in [6, 6.07) is 6.84. The molecule has 1 aromatic rings. The Labute approximate surface area is 152 Å². The van der Waals surface area contributed by atoms with E-state index in [-0.39, 0.29) is 6.61 Å². The second-order valence-corrected chi connectivity index (χ2v) is 5.39. The van der Waals surface area contributed by atoms with Crippen molar-refractivity contribution in [2.75, 3.05) is 13.7 Å². The van der Waals surface area contributed by atoms with Crippen LogP contribution in [0.4, 0.5) is 4.79 Å². The topological polar surface area (TPSA) is 114 Å². The maximum Gasteiger partial charge on any atom is 0.408 e.